The van der Waals surface area contributed by atoms with E-state index in [1.807, 2.05) is 0 Å². The molecule has 0 radical (unpaired) electrons. The van der Waals surface area contributed by atoms with Crippen molar-refractivity contribution in [2.75, 3.05) is 0 Å². The molecule has 0 aliphatic carbocycles. The van der Waals surface area contributed by atoms with Crippen LogP contribution in [0.25, 0.3) is 0 Å². The Balaban J connectivity index is 3.46. The standard InChI is InChI=1S/C12H14F4/c1-7-5-8(11(2,3)4)6-9(10(7)13)12(14,15)16/h5-6H,1-4H3. The monoisotopic (exact) mass is 234 g/mol. The third kappa shape index (κ3) is 2.54. The molecular formula is C12H14F4. The Hall–Kier alpha value is -1.06. The Kier molecular flexibility index (Phi) is 3.05. The Morgan fingerprint density at radius 3 is 1.88 bits per heavy atom. The minimum atomic E-state index is -4.64. The molecule has 0 atom stereocenters. The maximum atomic E-state index is 13.3. The normalized spacial score (nSPS) is 13.0. The van der Waals surface area contributed by atoms with Crippen molar-refractivity contribution in [3.05, 3.63) is 34.6 Å². The van der Waals surface area contributed by atoms with Gasteiger partial charge in [0.2, 0.25) is 0 Å². The van der Waals surface area contributed by atoms with Gasteiger partial charge < -0.3 is 0 Å². The van der Waals surface area contributed by atoms with E-state index in [2.05, 4.69) is 0 Å². The summed E-state index contributed by atoms with van der Waals surface area (Å²) in [5, 5.41) is 0. The van der Waals surface area contributed by atoms with Gasteiger partial charge in [-0.25, -0.2) is 4.39 Å². The van der Waals surface area contributed by atoms with Crippen molar-refractivity contribution in [2.45, 2.75) is 39.3 Å². The predicted octanol–water partition coefficient (Wildman–Crippen LogP) is 4.45. The topological polar surface area (TPSA) is 0 Å². The van der Waals surface area contributed by atoms with Gasteiger partial charge >= 0.3 is 6.18 Å². The lowest BCUT2D eigenvalue weighted by atomic mass is 9.85. The van der Waals surface area contributed by atoms with Crippen LogP contribution in [0.3, 0.4) is 0 Å². The quantitative estimate of drug-likeness (QED) is 0.582. The molecule has 0 N–H and O–H groups in total. The number of hydrogen-bond donors (Lipinski definition) is 0. The summed E-state index contributed by atoms with van der Waals surface area (Å²) < 4.78 is 51.0. The molecule has 16 heavy (non-hydrogen) atoms. The fourth-order valence-electron chi connectivity index (χ4n) is 1.41. The molecule has 0 saturated heterocycles. The summed E-state index contributed by atoms with van der Waals surface area (Å²) in [6.07, 6.45) is -4.64. The van der Waals surface area contributed by atoms with E-state index in [4.69, 9.17) is 0 Å². The highest BCUT2D eigenvalue weighted by Crippen LogP contribution is 2.35. The molecule has 0 bridgehead atoms. The smallest absolute Gasteiger partial charge is 0.206 e. The second-order valence-electron chi connectivity index (χ2n) is 4.90. The van der Waals surface area contributed by atoms with Crippen LogP contribution in [0.2, 0.25) is 0 Å². The highest BCUT2D eigenvalue weighted by molar-refractivity contribution is 5.36. The van der Waals surface area contributed by atoms with Crippen LogP contribution in [-0.4, -0.2) is 0 Å². The lowest BCUT2D eigenvalue weighted by Crippen LogP contribution is -2.16. The van der Waals surface area contributed by atoms with E-state index in [0.717, 1.165) is 6.07 Å². The van der Waals surface area contributed by atoms with E-state index >= 15 is 0 Å². The largest absolute Gasteiger partial charge is 0.419 e. The zero-order valence-electron chi connectivity index (χ0n) is 9.67. The zero-order chi connectivity index (χ0) is 12.7. The SMILES string of the molecule is Cc1cc(C(C)(C)C)cc(C(F)(F)F)c1F. The van der Waals surface area contributed by atoms with Gasteiger partial charge in [-0.3, -0.25) is 0 Å². The molecule has 0 aliphatic rings. The first kappa shape index (κ1) is 13.0. The second-order valence-corrected chi connectivity index (χ2v) is 4.90. The third-order valence-electron chi connectivity index (χ3n) is 2.43. The van der Waals surface area contributed by atoms with Crippen molar-refractivity contribution < 1.29 is 17.6 Å². The summed E-state index contributed by atoms with van der Waals surface area (Å²) in [5.74, 6) is -1.18. The number of aryl methyl sites for hydroxylation is 1. The molecule has 1 rings (SSSR count). The number of rotatable bonds is 0. The van der Waals surface area contributed by atoms with Gasteiger partial charge in [0.05, 0.1) is 5.56 Å². The first-order valence-electron chi connectivity index (χ1n) is 4.91. The van der Waals surface area contributed by atoms with Gasteiger partial charge in [0, 0.05) is 0 Å². The molecule has 0 spiro atoms. The van der Waals surface area contributed by atoms with Gasteiger partial charge in [-0.2, -0.15) is 13.2 Å². The summed E-state index contributed by atoms with van der Waals surface area (Å²) in [4.78, 5) is 0. The molecule has 4 heteroatoms. The van der Waals surface area contributed by atoms with E-state index in [0.29, 0.717) is 5.56 Å². The van der Waals surface area contributed by atoms with Gasteiger partial charge in [0.25, 0.3) is 0 Å². The Morgan fingerprint density at radius 2 is 1.50 bits per heavy atom. The zero-order valence-corrected chi connectivity index (χ0v) is 9.67. The molecule has 0 amide bonds. The molecular weight excluding hydrogens is 220 g/mol. The first-order chi connectivity index (χ1) is 7.03. The van der Waals surface area contributed by atoms with Gasteiger partial charge in [-0.1, -0.05) is 26.8 Å². The predicted molar refractivity (Wildman–Crippen MR) is 54.8 cm³/mol. The molecule has 0 nitrogen and oxygen atoms in total. The summed E-state index contributed by atoms with van der Waals surface area (Å²) in [6, 6.07) is 2.35. The van der Waals surface area contributed by atoms with Gasteiger partial charge in [0.1, 0.15) is 5.82 Å². The number of halogens is 4. The number of alkyl halides is 3. The summed E-state index contributed by atoms with van der Waals surface area (Å²) >= 11 is 0. The molecule has 0 saturated carbocycles. The van der Waals surface area contributed by atoms with Crippen molar-refractivity contribution in [1.29, 1.82) is 0 Å². The maximum absolute atomic E-state index is 13.3. The van der Waals surface area contributed by atoms with E-state index in [-0.39, 0.29) is 5.56 Å². The molecule has 1 aromatic carbocycles. The minimum absolute atomic E-state index is 0.0275. The van der Waals surface area contributed by atoms with Crippen LogP contribution in [0, 0.1) is 12.7 Å². The van der Waals surface area contributed by atoms with Crippen LogP contribution in [0.1, 0.15) is 37.5 Å². The van der Waals surface area contributed by atoms with Gasteiger partial charge in [-0.05, 0) is 29.5 Å². The van der Waals surface area contributed by atoms with E-state index in [1.165, 1.54) is 13.0 Å². The average molecular weight is 234 g/mol. The molecule has 0 fully saturated rings. The van der Waals surface area contributed by atoms with Crippen molar-refractivity contribution in [1.82, 2.24) is 0 Å². The Labute approximate surface area is 92.3 Å². The lowest BCUT2D eigenvalue weighted by Gasteiger charge is -2.22. The highest BCUT2D eigenvalue weighted by atomic mass is 19.4. The molecule has 90 valence electrons. The molecule has 0 aliphatic heterocycles. The fraction of sp³-hybridized carbons (Fsp3) is 0.500. The lowest BCUT2D eigenvalue weighted by molar-refractivity contribution is -0.140. The van der Waals surface area contributed by atoms with Crippen molar-refractivity contribution in [3.63, 3.8) is 0 Å². The van der Waals surface area contributed by atoms with Crippen LogP contribution >= 0.6 is 0 Å². The molecule has 1 aromatic rings. The third-order valence-corrected chi connectivity index (χ3v) is 2.43. The van der Waals surface area contributed by atoms with Crippen LogP contribution in [0.4, 0.5) is 17.6 Å². The van der Waals surface area contributed by atoms with Crippen LogP contribution in [0.5, 0.6) is 0 Å². The van der Waals surface area contributed by atoms with Crippen LogP contribution < -0.4 is 0 Å². The van der Waals surface area contributed by atoms with E-state index in [9.17, 15) is 17.6 Å². The van der Waals surface area contributed by atoms with Crippen molar-refractivity contribution in [3.8, 4) is 0 Å². The van der Waals surface area contributed by atoms with Crippen molar-refractivity contribution in [2.24, 2.45) is 0 Å². The second kappa shape index (κ2) is 3.75. The first-order valence-corrected chi connectivity index (χ1v) is 4.91. The van der Waals surface area contributed by atoms with Crippen molar-refractivity contribution >= 4 is 0 Å². The van der Waals surface area contributed by atoms with Crippen LogP contribution in [0.15, 0.2) is 12.1 Å². The number of hydrogen-bond acceptors (Lipinski definition) is 0. The summed E-state index contributed by atoms with van der Waals surface area (Å²) in [5.41, 5.74) is -1.10. The molecule has 0 heterocycles. The highest BCUT2D eigenvalue weighted by Gasteiger charge is 2.35. The Bertz CT molecular complexity index is 397. The molecule has 0 aromatic heterocycles. The summed E-state index contributed by atoms with van der Waals surface area (Å²) in [7, 11) is 0. The fourth-order valence-corrected chi connectivity index (χ4v) is 1.41. The van der Waals surface area contributed by atoms with Crippen LogP contribution in [-0.2, 0) is 11.6 Å². The Morgan fingerprint density at radius 1 is 1.00 bits per heavy atom. The summed E-state index contributed by atoms with van der Waals surface area (Å²) in [6.45, 7) is 6.72. The number of benzene rings is 1. The van der Waals surface area contributed by atoms with E-state index in [1.54, 1.807) is 20.8 Å². The van der Waals surface area contributed by atoms with E-state index < -0.39 is 23.0 Å². The maximum Gasteiger partial charge on any atom is 0.419 e. The average Bonchev–Trinajstić information content (AvgIpc) is 2.05. The van der Waals surface area contributed by atoms with Gasteiger partial charge in [0.15, 0.2) is 0 Å². The minimum Gasteiger partial charge on any atom is -0.206 e. The van der Waals surface area contributed by atoms with Gasteiger partial charge in [-0.15, -0.1) is 0 Å². The molecule has 0 unspecified atom stereocenters.